The van der Waals surface area contributed by atoms with Crippen molar-refractivity contribution < 1.29 is 27.1 Å². The Labute approximate surface area is 188 Å². The highest BCUT2D eigenvalue weighted by Crippen LogP contribution is 2.17. The van der Waals surface area contributed by atoms with E-state index in [9.17, 15) is 27.2 Å². The highest BCUT2D eigenvalue weighted by Gasteiger charge is 2.14. The molecule has 8 N–H and O–H groups in total. The first-order valence-corrected chi connectivity index (χ1v) is 8.22. The third-order valence-corrected chi connectivity index (χ3v) is 3.26. The zero-order valence-corrected chi connectivity index (χ0v) is 17.6. The van der Waals surface area contributed by atoms with Gasteiger partial charge in [0.1, 0.15) is 0 Å². The minimum absolute atomic E-state index is 0. The quantitative estimate of drug-likeness (QED) is 0.0855. The van der Waals surface area contributed by atoms with Gasteiger partial charge in [-0.1, -0.05) is 0 Å². The Bertz CT molecular complexity index is 1190. The van der Waals surface area contributed by atoms with Crippen LogP contribution in [0.25, 0.3) is 10.9 Å². The van der Waals surface area contributed by atoms with Gasteiger partial charge in [0.2, 0.25) is 5.95 Å². The minimum Gasteiger partial charge on any atom is -0.465 e. The molecule has 0 amide bonds. The van der Waals surface area contributed by atoms with Crippen LogP contribution in [0.15, 0.2) is 29.1 Å². The summed E-state index contributed by atoms with van der Waals surface area (Å²) in [7, 11) is 1.13. The number of nitrogen functional groups attached to an aromatic ring is 2. The first-order chi connectivity index (χ1) is 14.4. The Balaban J connectivity index is 0.000000504. The van der Waals surface area contributed by atoms with Gasteiger partial charge in [0.25, 0.3) is 5.56 Å². The van der Waals surface area contributed by atoms with Crippen LogP contribution in [0.5, 0.6) is 0 Å². The topological polar surface area (TPSA) is 174 Å². The fraction of sp³-hybridized carbons (Fsp3) is 0.0588. The average Bonchev–Trinajstić information content (AvgIpc) is 2.66. The first kappa shape index (κ1) is 28.4. The van der Waals surface area contributed by atoms with Gasteiger partial charge >= 0.3 is 5.97 Å². The summed E-state index contributed by atoms with van der Waals surface area (Å²) in [5.74, 6) is -5.30. The first-order valence-electron chi connectivity index (χ1n) is 7.84. The fourth-order valence-corrected chi connectivity index (χ4v) is 2.00. The van der Waals surface area contributed by atoms with E-state index in [2.05, 4.69) is 32.0 Å². The van der Waals surface area contributed by atoms with E-state index in [0.717, 1.165) is 25.3 Å². The lowest BCUT2D eigenvalue weighted by molar-refractivity contribution is 0.0601. The highest BCUT2D eigenvalue weighted by molar-refractivity contribution is 6.63. The van der Waals surface area contributed by atoms with Gasteiger partial charge in [-0.3, -0.25) is 15.2 Å². The van der Waals surface area contributed by atoms with Crippen LogP contribution in [0.1, 0.15) is 10.4 Å². The van der Waals surface area contributed by atoms with E-state index in [0.29, 0.717) is 6.07 Å². The van der Waals surface area contributed by atoms with Crippen molar-refractivity contribution in [3.8, 4) is 0 Å². The maximum Gasteiger partial charge on any atom is 0.340 e. The summed E-state index contributed by atoms with van der Waals surface area (Å²) >= 11 is 4.64. The Morgan fingerprint density at radius 1 is 1.06 bits per heavy atom. The highest BCUT2D eigenvalue weighted by atomic mass is 35.5. The van der Waals surface area contributed by atoms with Crippen molar-refractivity contribution >= 4 is 57.8 Å². The fourth-order valence-electron chi connectivity index (χ4n) is 2.00. The Kier molecular flexibility index (Phi) is 10.9. The van der Waals surface area contributed by atoms with Crippen molar-refractivity contribution in [2.75, 3.05) is 18.6 Å². The number of H-pyrrole nitrogens is 1. The molecule has 2 aromatic carbocycles. The Morgan fingerprint density at radius 3 is 2.06 bits per heavy atom. The molecule has 0 unspecified atom stereocenters. The molecule has 0 aliphatic carbocycles. The zero-order valence-electron chi connectivity index (χ0n) is 16.0. The minimum atomic E-state index is -1.13. The number of ether oxygens (including phenoxy) is 1. The van der Waals surface area contributed by atoms with E-state index in [1.165, 1.54) is 0 Å². The number of carbonyl (C=O) groups is 1. The third-order valence-electron chi connectivity index (χ3n) is 3.26. The molecule has 0 aliphatic rings. The number of nitrogens with one attached hydrogen (secondary N) is 2. The number of methoxy groups -OCH3 is 1. The van der Waals surface area contributed by atoms with E-state index in [1.54, 1.807) is 0 Å². The number of amidine groups is 1. The molecular formula is C17H16Cl2F4N6O3. The molecule has 0 bridgehead atoms. The molecule has 0 fully saturated rings. The number of hydrogen-bond donors (Lipinski definition) is 5. The number of nitrogens with zero attached hydrogens (tertiary/aromatic N) is 1. The van der Waals surface area contributed by atoms with Crippen LogP contribution >= 0.6 is 24.0 Å². The van der Waals surface area contributed by atoms with Crippen molar-refractivity contribution in [3.05, 3.63) is 63.5 Å². The number of esters is 1. The van der Waals surface area contributed by atoms with Crippen LogP contribution in [0.3, 0.4) is 0 Å². The Morgan fingerprint density at radius 2 is 1.53 bits per heavy atom. The van der Waals surface area contributed by atoms with E-state index < -0.39 is 34.8 Å². The summed E-state index contributed by atoms with van der Waals surface area (Å²) in [5, 5.41) is 5.65. The normalized spacial score (nSPS) is 9.44. The van der Waals surface area contributed by atoms with E-state index >= 15 is 0 Å². The van der Waals surface area contributed by atoms with Gasteiger partial charge in [0.05, 0.1) is 23.6 Å². The molecule has 3 aromatic rings. The number of anilines is 2. The van der Waals surface area contributed by atoms with Crippen LogP contribution in [-0.4, -0.2) is 28.3 Å². The molecule has 0 aliphatic heterocycles. The smallest absolute Gasteiger partial charge is 0.340 e. The van der Waals surface area contributed by atoms with Crippen LogP contribution in [-0.2, 0) is 4.74 Å². The summed E-state index contributed by atoms with van der Waals surface area (Å²) in [4.78, 5) is 27.9. The third kappa shape index (κ3) is 7.92. The zero-order chi connectivity index (χ0) is 23.9. The molecule has 0 atom stereocenters. The molecule has 1 aromatic heterocycles. The second-order valence-corrected chi connectivity index (χ2v) is 5.83. The van der Waals surface area contributed by atoms with Crippen LogP contribution < -0.4 is 22.8 Å². The Hall–Kier alpha value is -3.58. The van der Waals surface area contributed by atoms with Crippen molar-refractivity contribution in [2.45, 2.75) is 0 Å². The van der Waals surface area contributed by atoms with E-state index in [4.69, 9.17) is 16.9 Å². The van der Waals surface area contributed by atoms with Gasteiger partial charge < -0.3 is 21.9 Å². The molecule has 9 nitrogen and oxygen atoms in total. The molecule has 0 spiro atoms. The van der Waals surface area contributed by atoms with Crippen LogP contribution in [0, 0.1) is 28.7 Å². The number of halogens is 6. The molecule has 32 heavy (non-hydrogen) atoms. The monoisotopic (exact) mass is 498 g/mol. The average molecular weight is 499 g/mol. The number of fused-ring (bicyclic) bond motifs is 1. The van der Waals surface area contributed by atoms with Gasteiger partial charge in [-0.25, -0.2) is 27.3 Å². The van der Waals surface area contributed by atoms with Gasteiger partial charge in [-0.2, -0.15) is 0 Å². The van der Waals surface area contributed by atoms with Crippen LogP contribution in [0.4, 0.5) is 29.2 Å². The number of carbonyl (C=O) groups excluding carboxylic acids is 1. The lowest BCUT2D eigenvalue weighted by Gasteiger charge is -2.03. The maximum absolute atomic E-state index is 12.7. The number of hydrogen-bond acceptors (Lipinski definition) is 7. The summed E-state index contributed by atoms with van der Waals surface area (Å²) in [6.07, 6.45) is 0. The number of rotatable bonds is 1. The largest absolute Gasteiger partial charge is 0.465 e. The SMILES string of the molecule is COC(=O)c1cc(F)c(F)cc1N.Cl.N=C(N)Cl.Nc1nc2cc(F)c(F)cc2c(=O)[nH]1. The summed E-state index contributed by atoms with van der Waals surface area (Å²) in [6.45, 7) is 0. The van der Waals surface area contributed by atoms with Gasteiger partial charge in [-0.05, 0) is 23.7 Å². The van der Waals surface area contributed by atoms with E-state index in [1.807, 2.05) is 0 Å². The number of benzene rings is 2. The second kappa shape index (κ2) is 12.3. The lowest BCUT2D eigenvalue weighted by atomic mass is 10.2. The summed E-state index contributed by atoms with van der Waals surface area (Å²) < 4.78 is 54.9. The number of aromatic nitrogens is 2. The van der Waals surface area contributed by atoms with E-state index in [-0.39, 0.29) is 45.8 Å². The van der Waals surface area contributed by atoms with Crippen LogP contribution in [0.2, 0.25) is 0 Å². The molecule has 3 rings (SSSR count). The molecule has 0 saturated heterocycles. The van der Waals surface area contributed by atoms with Crippen molar-refractivity contribution in [2.24, 2.45) is 5.73 Å². The van der Waals surface area contributed by atoms with Gasteiger partial charge in [0.15, 0.2) is 28.6 Å². The second-order valence-electron chi connectivity index (χ2n) is 5.43. The molecule has 1 heterocycles. The molecular weight excluding hydrogens is 483 g/mol. The lowest BCUT2D eigenvalue weighted by Crippen LogP contribution is -2.11. The number of aromatic amines is 1. The maximum atomic E-state index is 12.7. The van der Waals surface area contributed by atoms with Crippen molar-refractivity contribution in [1.82, 2.24) is 9.97 Å². The van der Waals surface area contributed by atoms with Gasteiger partial charge in [-0.15, -0.1) is 12.4 Å². The van der Waals surface area contributed by atoms with Crippen molar-refractivity contribution in [3.63, 3.8) is 0 Å². The number of nitrogens with two attached hydrogens (primary N) is 3. The molecule has 0 radical (unpaired) electrons. The van der Waals surface area contributed by atoms with Crippen molar-refractivity contribution in [1.29, 1.82) is 5.41 Å². The predicted molar refractivity (Wildman–Crippen MR) is 114 cm³/mol. The molecule has 15 heteroatoms. The predicted octanol–water partition coefficient (Wildman–Crippen LogP) is 2.66. The summed E-state index contributed by atoms with van der Waals surface area (Å²) in [6, 6.07) is 3.06. The molecule has 0 saturated carbocycles. The van der Waals surface area contributed by atoms with Gasteiger partial charge in [0, 0.05) is 17.8 Å². The summed E-state index contributed by atoms with van der Waals surface area (Å²) in [5.41, 5.74) is 14.1. The molecule has 174 valence electrons. The standard InChI is InChI=1S/C8H5F2N3O.C8H7F2NO2.CH3ClN2.ClH/c9-4-1-3-6(2-5(4)10)12-8(11)13-7(3)14;1-13-8(12)4-2-5(9)6(10)3-7(4)11;2-1(3)4;/h1-2H,(H3,11,12,13,14);2-3H,11H2,1H3;(H3,3,4);1H.